The quantitative estimate of drug-likeness (QED) is 0.916. The molecule has 2 N–H and O–H groups in total. The van der Waals surface area contributed by atoms with Gasteiger partial charge in [-0.1, -0.05) is 25.5 Å². The van der Waals surface area contributed by atoms with E-state index >= 15 is 0 Å². The monoisotopic (exact) mass is 282 g/mol. The molecule has 20 heavy (non-hydrogen) atoms. The van der Waals surface area contributed by atoms with Gasteiger partial charge in [-0.25, -0.2) is 8.78 Å². The van der Waals surface area contributed by atoms with Gasteiger partial charge in [-0.15, -0.1) is 0 Å². The molecule has 0 saturated carbocycles. The standard InChI is InChI=1S/C16H24F2N2/c1-2-12-5-4-9-20(10-8-12)11-15(19)13-6-3-7-14(17)16(13)18/h3,6-7,12,15H,2,4-5,8-11,19H2,1H3. The van der Waals surface area contributed by atoms with Crippen molar-refractivity contribution < 1.29 is 8.78 Å². The van der Waals surface area contributed by atoms with Crippen LogP contribution >= 0.6 is 0 Å². The molecule has 0 aliphatic carbocycles. The van der Waals surface area contributed by atoms with Gasteiger partial charge in [0.2, 0.25) is 0 Å². The van der Waals surface area contributed by atoms with Crippen LogP contribution in [-0.4, -0.2) is 24.5 Å². The SMILES string of the molecule is CCC1CCCN(CC(N)c2cccc(F)c2F)CC1. The van der Waals surface area contributed by atoms with Crippen LogP contribution in [0.2, 0.25) is 0 Å². The number of nitrogens with two attached hydrogens (primary N) is 1. The molecule has 0 aromatic heterocycles. The van der Waals surface area contributed by atoms with Crippen molar-refractivity contribution in [2.45, 2.75) is 38.6 Å². The van der Waals surface area contributed by atoms with Crippen molar-refractivity contribution in [2.24, 2.45) is 11.7 Å². The molecule has 1 saturated heterocycles. The van der Waals surface area contributed by atoms with E-state index in [0.717, 1.165) is 31.5 Å². The molecule has 0 spiro atoms. The lowest BCUT2D eigenvalue weighted by atomic mass is 9.98. The van der Waals surface area contributed by atoms with Crippen molar-refractivity contribution in [1.82, 2.24) is 4.90 Å². The lowest BCUT2D eigenvalue weighted by Crippen LogP contribution is -2.33. The van der Waals surface area contributed by atoms with E-state index in [1.807, 2.05) is 0 Å². The fourth-order valence-corrected chi connectivity index (χ4v) is 3.00. The molecular formula is C16H24F2N2. The molecule has 1 aliphatic rings. The van der Waals surface area contributed by atoms with Gasteiger partial charge in [0.1, 0.15) is 0 Å². The zero-order valence-corrected chi connectivity index (χ0v) is 12.1. The van der Waals surface area contributed by atoms with Gasteiger partial charge in [-0.05, 0) is 44.3 Å². The summed E-state index contributed by atoms with van der Waals surface area (Å²) in [6, 6.07) is 3.76. The van der Waals surface area contributed by atoms with E-state index in [9.17, 15) is 8.78 Å². The maximum atomic E-state index is 13.7. The number of benzene rings is 1. The second-order valence-corrected chi connectivity index (χ2v) is 5.76. The number of hydrogen-bond donors (Lipinski definition) is 1. The van der Waals surface area contributed by atoms with Gasteiger partial charge in [0.25, 0.3) is 0 Å². The first-order chi connectivity index (χ1) is 9.61. The topological polar surface area (TPSA) is 29.3 Å². The van der Waals surface area contributed by atoms with Crippen molar-refractivity contribution in [1.29, 1.82) is 0 Å². The number of likely N-dealkylation sites (tertiary alicyclic amines) is 1. The Bertz CT molecular complexity index is 436. The predicted molar refractivity (Wildman–Crippen MR) is 77.4 cm³/mol. The fourth-order valence-electron chi connectivity index (χ4n) is 3.00. The molecule has 2 rings (SSSR count). The van der Waals surface area contributed by atoms with Gasteiger partial charge in [-0.2, -0.15) is 0 Å². The molecule has 1 fully saturated rings. The first-order valence-corrected chi connectivity index (χ1v) is 7.53. The Morgan fingerprint density at radius 1 is 1.30 bits per heavy atom. The second kappa shape index (κ2) is 7.14. The van der Waals surface area contributed by atoms with Crippen molar-refractivity contribution in [3.05, 3.63) is 35.4 Å². The molecule has 0 bridgehead atoms. The summed E-state index contributed by atoms with van der Waals surface area (Å²) in [6.45, 7) is 4.83. The maximum Gasteiger partial charge on any atom is 0.163 e. The van der Waals surface area contributed by atoms with Crippen LogP contribution in [0.5, 0.6) is 0 Å². The lowest BCUT2D eigenvalue weighted by molar-refractivity contribution is 0.261. The summed E-state index contributed by atoms with van der Waals surface area (Å²) in [5, 5.41) is 0. The van der Waals surface area contributed by atoms with Crippen molar-refractivity contribution >= 4 is 0 Å². The summed E-state index contributed by atoms with van der Waals surface area (Å²) in [6.07, 6.45) is 4.82. The predicted octanol–water partition coefficient (Wildman–Crippen LogP) is 3.48. The highest BCUT2D eigenvalue weighted by atomic mass is 19.2. The molecule has 1 aliphatic heterocycles. The van der Waals surface area contributed by atoms with Crippen molar-refractivity contribution in [3.8, 4) is 0 Å². The van der Waals surface area contributed by atoms with Crippen LogP contribution in [0, 0.1) is 17.6 Å². The molecule has 1 heterocycles. The summed E-state index contributed by atoms with van der Waals surface area (Å²) < 4.78 is 27.0. The zero-order valence-electron chi connectivity index (χ0n) is 12.1. The minimum Gasteiger partial charge on any atom is -0.323 e. The van der Waals surface area contributed by atoms with Gasteiger partial charge in [-0.3, -0.25) is 0 Å². The van der Waals surface area contributed by atoms with Crippen LogP contribution in [0.3, 0.4) is 0 Å². The second-order valence-electron chi connectivity index (χ2n) is 5.76. The summed E-state index contributed by atoms with van der Waals surface area (Å²) in [7, 11) is 0. The minimum atomic E-state index is -0.820. The van der Waals surface area contributed by atoms with E-state index in [-0.39, 0.29) is 5.56 Å². The maximum absolute atomic E-state index is 13.7. The Balaban J connectivity index is 1.97. The molecule has 1 aromatic carbocycles. The first-order valence-electron chi connectivity index (χ1n) is 7.53. The highest BCUT2D eigenvalue weighted by molar-refractivity contribution is 5.22. The average molecular weight is 282 g/mol. The summed E-state index contributed by atoms with van der Waals surface area (Å²) in [4.78, 5) is 2.28. The van der Waals surface area contributed by atoms with Crippen LogP contribution in [0.15, 0.2) is 18.2 Å². The molecule has 112 valence electrons. The summed E-state index contributed by atoms with van der Waals surface area (Å²) in [5.41, 5.74) is 6.34. The third-order valence-corrected chi connectivity index (χ3v) is 4.35. The van der Waals surface area contributed by atoms with Crippen molar-refractivity contribution in [3.63, 3.8) is 0 Å². The highest BCUT2D eigenvalue weighted by Crippen LogP contribution is 2.23. The third-order valence-electron chi connectivity index (χ3n) is 4.35. The van der Waals surface area contributed by atoms with Gasteiger partial charge in [0.05, 0.1) is 0 Å². The van der Waals surface area contributed by atoms with Gasteiger partial charge >= 0.3 is 0 Å². The van der Waals surface area contributed by atoms with Crippen LogP contribution in [-0.2, 0) is 0 Å². The normalized spacial score (nSPS) is 22.5. The largest absolute Gasteiger partial charge is 0.323 e. The summed E-state index contributed by atoms with van der Waals surface area (Å²) >= 11 is 0. The first kappa shape index (κ1) is 15.4. The smallest absolute Gasteiger partial charge is 0.163 e. The van der Waals surface area contributed by atoms with E-state index < -0.39 is 17.7 Å². The highest BCUT2D eigenvalue weighted by Gasteiger charge is 2.20. The van der Waals surface area contributed by atoms with Crippen molar-refractivity contribution in [2.75, 3.05) is 19.6 Å². The Labute approximate surface area is 120 Å². The molecule has 0 radical (unpaired) electrons. The number of rotatable bonds is 4. The van der Waals surface area contributed by atoms with Gasteiger partial charge < -0.3 is 10.6 Å². The molecular weight excluding hydrogens is 258 g/mol. The van der Waals surface area contributed by atoms with Crippen LogP contribution in [0.25, 0.3) is 0 Å². The average Bonchev–Trinajstić information content (AvgIpc) is 2.67. The zero-order chi connectivity index (χ0) is 14.5. The van der Waals surface area contributed by atoms with Crippen LogP contribution in [0.4, 0.5) is 8.78 Å². The fraction of sp³-hybridized carbons (Fsp3) is 0.625. The molecule has 2 nitrogen and oxygen atoms in total. The van der Waals surface area contributed by atoms with E-state index in [4.69, 9.17) is 5.73 Å². The number of halogens is 2. The molecule has 0 amide bonds. The van der Waals surface area contributed by atoms with E-state index in [1.165, 1.54) is 25.3 Å². The Morgan fingerprint density at radius 3 is 2.85 bits per heavy atom. The Morgan fingerprint density at radius 2 is 2.10 bits per heavy atom. The van der Waals surface area contributed by atoms with Crippen LogP contribution in [0.1, 0.15) is 44.2 Å². The van der Waals surface area contributed by atoms with Gasteiger partial charge in [0, 0.05) is 18.2 Å². The lowest BCUT2D eigenvalue weighted by Gasteiger charge is -2.24. The van der Waals surface area contributed by atoms with E-state index in [0.29, 0.717) is 6.54 Å². The summed E-state index contributed by atoms with van der Waals surface area (Å²) in [5.74, 6) is -0.830. The van der Waals surface area contributed by atoms with Crippen LogP contribution < -0.4 is 5.73 Å². The molecule has 2 unspecified atom stereocenters. The van der Waals surface area contributed by atoms with E-state index in [1.54, 1.807) is 6.07 Å². The van der Waals surface area contributed by atoms with Gasteiger partial charge in [0.15, 0.2) is 11.6 Å². The van der Waals surface area contributed by atoms with E-state index in [2.05, 4.69) is 11.8 Å². The number of hydrogen-bond acceptors (Lipinski definition) is 2. The molecule has 2 atom stereocenters. The Kier molecular flexibility index (Phi) is 5.49. The molecule has 1 aromatic rings. The number of nitrogens with zero attached hydrogens (tertiary/aromatic N) is 1. The Hall–Kier alpha value is -1.00. The minimum absolute atomic E-state index is 0.279. The molecule has 4 heteroatoms. The third kappa shape index (κ3) is 3.76.